The first-order chi connectivity index (χ1) is 7.54. The number of hydroxylamine groups is 1. The van der Waals surface area contributed by atoms with E-state index in [1.54, 1.807) is 5.48 Å². The number of hydrogen-bond donors (Lipinski definition) is 2. The number of allylic oxidation sites excluding steroid dienone is 1. The number of carbonyl (C=O) groups excluding carboxylic acids is 1. The van der Waals surface area contributed by atoms with Crippen LogP contribution in [0.4, 0.5) is 0 Å². The minimum absolute atomic E-state index is 0.190. The molecule has 1 rings (SSSR count). The Hall–Kier alpha value is -0.830. The molecule has 0 unspecified atom stereocenters. The lowest BCUT2D eigenvalue weighted by Gasteiger charge is -2.25. The van der Waals surface area contributed by atoms with Gasteiger partial charge in [-0.3, -0.25) is 10.0 Å². The molecule has 0 bridgehead atoms. The van der Waals surface area contributed by atoms with Gasteiger partial charge in [-0.25, -0.2) is 5.48 Å². The van der Waals surface area contributed by atoms with Gasteiger partial charge in [0.05, 0.1) is 5.92 Å². The summed E-state index contributed by atoms with van der Waals surface area (Å²) in [6, 6.07) is 0. The zero-order valence-electron chi connectivity index (χ0n) is 10.5. The number of amides is 1. The SMILES string of the molecule is CC(C)C[C@@H]1CC=C([C@H](C)C(=O)NO)CC1. The monoisotopic (exact) mass is 225 g/mol. The van der Waals surface area contributed by atoms with Crippen LogP contribution >= 0.6 is 0 Å². The van der Waals surface area contributed by atoms with Gasteiger partial charge in [-0.15, -0.1) is 0 Å². The van der Waals surface area contributed by atoms with Gasteiger partial charge in [0.15, 0.2) is 0 Å². The Morgan fingerprint density at radius 2 is 2.25 bits per heavy atom. The average Bonchev–Trinajstić information content (AvgIpc) is 2.27. The lowest BCUT2D eigenvalue weighted by molar-refractivity contribution is -0.131. The molecule has 0 saturated carbocycles. The van der Waals surface area contributed by atoms with E-state index in [1.807, 2.05) is 6.92 Å². The van der Waals surface area contributed by atoms with E-state index >= 15 is 0 Å². The molecule has 0 heterocycles. The summed E-state index contributed by atoms with van der Waals surface area (Å²) in [6.45, 7) is 6.35. The number of nitrogens with one attached hydrogen (secondary N) is 1. The predicted octanol–water partition coefficient (Wildman–Crippen LogP) is 2.90. The van der Waals surface area contributed by atoms with Crippen molar-refractivity contribution in [1.82, 2.24) is 5.48 Å². The third-order valence-corrected chi connectivity index (χ3v) is 3.42. The Labute approximate surface area is 97.9 Å². The lowest BCUT2D eigenvalue weighted by Crippen LogP contribution is -2.28. The molecule has 0 aromatic heterocycles. The van der Waals surface area contributed by atoms with Crippen molar-refractivity contribution in [2.24, 2.45) is 17.8 Å². The van der Waals surface area contributed by atoms with Crippen LogP contribution in [0.5, 0.6) is 0 Å². The van der Waals surface area contributed by atoms with E-state index in [0.717, 1.165) is 24.7 Å². The standard InChI is InChI=1S/C13H23NO2/c1-9(2)8-11-4-6-12(7-5-11)10(3)13(15)14-16/h6,9-11,16H,4-5,7-8H2,1-3H3,(H,14,15)/t10-,11+/m0/s1. The summed E-state index contributed by atoms with van der Waals surface area (Å²) in [5.74, 6) is 1.03. The highest BCUT2D eigenvalue weighted by Gasteiger charge is 2.22. The second-order valence-electron chi connectivity index (χ2n) is 5.25. The summed E-state index contributed by atoms with van der Waals surface area (Å²) >= 11 is 0. The zero-order valence-corrected chi connectivity index (χ0v) is 10.5. The third-order valence-electron chi connectivity index (χ3n) is 3.42. The Balaban J connectivity index is 2.49. The van der Waals surface area contributed by atoms with Crippen molar-refractivity contribution in [3.05, 3.63) is 11.6 Å². The Morgan fingerprint density at radius 1 is 1.56 bits per heavy atom. The van der Waals surface area contributed by atoms with Crippen LogP contribution in [0.25, 0.3) is 0 Å². The van der Waals surface area contributed by atoms with Crippen LogP contribution in [-0.4, -0.2) is 11.1 Å². The Kier molecular flexibility index (Phi) is 5.00. The van der Waals surface area contributed by atoms with Crippen LogP contribution in [-0.2, 0) is 4.79 Å². The molecule has 1 amide bonds. The van der Waals surface area contributed by atoms with E-state index in [4.69, 9.17) is 5.21 Å². The maximum atomic E-state index is 11.3. The average molecular weight is 225 g/mol. The molecule has 0 aliphatic heterocycles. The zero-order chi connectivity index (χ0) is 12.1. The highest BCUT2D eigenvalue weighted by molar-refractivity contribution is 5.79. The summed E-state index contributed by atoms with van der Waals surface area (Å²) in [5.41, 5.74) is 2.90. The number of rotatable bonds is 4. The maximum Gasteiger partial charge on any atom is 0.250 e. The van der Waals surface area contributed by atoms with Gasteiger partial charge >= 0.3 is 0 Å². The Morgan fingerprint density at radius 3 is 2.69 bits per heavy atom. The number of hydrogen-bond acceptors (Lipinski definition) is 2. The van der Waals surface area contributed by atoms with Gasteiger partial charge in [0.25, 0.3) is 0 Å². The van der Waals surface area contributed by atoms with Crippen molar-refractivity contribution in [3.8, 4) is 0 Å². The minimum Gasteiger partial charge on any atom is -0.289 e. The second-order valence-corrected chi connectivity index (χ2v) is 5.25. The summed E-state index contributed by atoms with van der Waals surface area (Å²) < 4.78 is 0. The van der Waals surface area contributed by atoms with Gasteiger partial charge in [-0.2, -0.15) is 0 Å². The molecule has 0 aromatic carbocycles. The molecule has 0 fully saturated rings. The first kappa shape index (κ1) is 13.2. The smallest absolute Gasteiger partial charge is 0.250 e. The molecule has 2 atom stereocenters. The van der Waals surface area contributed by atoms with E-state index < -0.39 is 0 Å². The highest BCUT2D eigenvalue weighted by Crippen LogP contribution is 2.31. The van der Waals surface area contributed by atoms with Crippen molar-refractivity contribution in [2.75, 3.05) is 0 Å². The van der Waals surface area contributed by atoms with Gasteiger partial charge in [0, 0.05) is 0 Å². The summed E-state index contributed by atoms with van der Waals surface area (Å²) in [4.78, 5) is 11.3. The molecule has 0 saturated heterocycles. The van der Waals surface area contributed by atoms with Gasteiger partial charge in [-0.1, -0.05) is 25.5 Å². The molecular weight excluding hydrogens is 202 g/mol. The fourth-order valence-electron chi connectivity index (χ4n) is 2.45. The van der Waals surface area contributed by atoms with E-state index in [1.165, 1.54) is 18.4 Å². The molecule has 2 N–H and O–H groups in total. The van der Waals surface area contributed by atoms with Crippen molar-refractivity contribution in [1.29, 1.82) is 0 Å². The summed E-state index contributed by atoms with van der Waals surface area (Å²) in [6.07, 6.45) is 6.70. The summed E-state index contributed by atoms with van der Waals surface area (Å²) in [7, 11) is 0. The van der Waals surface area contributed by atoms with E-state index in [0.29, 0.717) is 0 Å². The van der Waals surface area contributed by atoms with Gasteiger partial charge in [0.1, 0.15) is 0 Å². The van der Waals surface area contributed by atoms with Crippen molar-refractivity contribution >= 4 is 5.91 Å². The van der Waals surface area contributed by atoms with E-state index in [2.05, 4.69) is 19.9 Å². The van der Waals surface area contributed by atoms with Crippen LogP contribution in [0.2, 0.25) is 0 Å². The molecular formula is C13H23NO2. The van der Waals surface area contributed by atoms with Crippen LogP contribution in [0.1, 0.15) is 46.5 Å². The topological polar surface area (TPSA) is 49.3 Å². The van der Waals surface area contributed by atoms with E-state index in [-0.39, 0.29) is 11.8 Å². The molecule has 92 valence electrons. The van der Waals surface area contributed by atoms with E-state index in [9.17, 15) is 4.79 Å². The lowest BCUT2D eigenvalue weighted by atomic mass is 9.81. The van der Waals surface area contributed by atoms with Gasteiger partial charge in [-0.05, 0) is 44.4 Å². The van der Waals surface area contributed by atoms with Crippen molar-refractivity contribution < 1.29 is 10.0 Å². The molecule has 0 aromatic rings. The van der Waals surface area contributed by atoms with Crippen molar-refractivity contribution in [3.63, 3.8) is 0 Å². The normalized spacial score (nSPS) is 22.8. The molecule has 0 spiro atoms. The van der Waals surface area contributed by atoms with Crippen LogP contribution in [0, 0.1) is 17.8 Å². The molecule has 16 heavy (non-hydrogen) atoms. The molecule has 0 radical (unpaired) electrons. The van der Waals surface area contributed by atoms with Gasteiger partial charge < -0.3 is 0 Å². The Bertz CT molecular complexity index is 271. The third kappa shape index (κ3) is 3.63. The molecule has 1 aliphatic carbocycles. The first-order valence-corrected chi connectivity index (χ1v) is 6.17. The fourth-order valence-corrected chi connectivity index (χ4v) is 2.45. The second kappa shape index (κ2) is 6.04. The van der Waals surface area contributed by atoms with Crippen LogP contribution in [0.3, 0.4) is 0 Å². The maximum absolute atomic E-state index is 11.3. The quantitative estimate of drug-likeness (QED) is 0.439. The summed E-state index contributed by atoms with van der Waals surface area (Å²) in [5, 5.41) is 8.58. The highest BCUT2D eigenvalue weighted by atomic mass is 16.5. The number of carbonyl (C=O) groups is 1. The fraction of sp³-hybridized carbons (Fsp3) is 0.769. The van der Waals surface area contributed by atoms with Gasteiger partial charge in [0.2, 0.25) is 5.91 Å². The van der Waals surface area contributed by atoms with Crippen LogP contribution < -0.4 is 5.48 Å². The minimum atomic E-state index is -0.298. The van der Waals surface area contributed by atoms with Crippen molar-refractivity contribution in [2.45, 2.75) is 46.5 Å². The molecule has 3 nitrogen and oxygen atoms in total. The largest absolute Gasteiger partial charge is 0.289 e. The molecule has 1 aliphatic rings. The van der Waals surface area contributed by atoms with Crippen LogP contribution in [0.15, 0.2) is 11.6 Å². The first-order valence-electron chi connectivity index (χ1n) is 6.17. The predicted molar refractivity (Wildman–Crippen MR) is 64.0 cm³/mol. The molecule has 3 heteroatoms.